The summed E-state index contributed by atoms with van der Waals surface area (Å²) in [5, 5.41) is 3.34. The Morgan fingerprint density at radius 3 is 1.98 bits per heavy atom. The number of benzene rings is 4. The Hall–Kier alpha value is -4.14. The Bertz CT molecular complexity index is 1680. The van der Waals surface area contributed by atoms with E-state index in [4.69, 9.17) is 11.6 Å². The fraction of sp³-hybridized carbons (Fsp3) is 0.257. The van der Waals surface area contributed by atoms with Crippen molar-refractivity contribution in [3.8, 4) is 0 Å². The first kappa shape index (κ1) is 32.8. The van der Waals surface area contributed by atoms with Crippen LogP contribution in [0.1, 0.15) is 36.1 Å². The predicted octanol–water partition coefficient (Wildman–Crippen LogP) is 6.32. The normalized spacial score (nSPS) is 12.0. The van der Waals surface area contributed by atoms with Gasteiger partial charge in [0.05, 0.1) is 10.6 Å². The summed E-state index contributed by atoms with van der Waals surface area (Å²) in [7, 11) is -4.21. The molecular formula is C35H38ClN3O4S. The summed E-state index contributed by atoms with van der Waals surface area (Å²) in [5.41, 5.74) is 3.39. The molecule has 9 heteroatoms. The van der Waals surface area contributed by atoms with Crippen LogP contribution in [0.15, 0.2) is 108 Å². The van der Waals surface area contributed by atoms with Crippen molar-refractivity contribution in [3.63, 3.8) is 0 Å². The van der Waals surface area contributed by atoms with Gasteiger partial charge in [0.15, 0.2) is 0 Å². The van der Waals surface area contributed by atoms with E-state index in [1.807, 2.05) is 81.4 Å². The van der Waals surface area contributed by atoms with E-state index in [1.54, 1.807) is 37.3 Å². The number of nitrogens with zero attached hydrogens (tertiary/aromatic N) is 2. The molecule has 230 valence electrons. The topological polar surface area (TPSA) is 86.8 Å². The minimum absolute atomic E-state index is 0.0447. The smallest absolute Gasteiger partial charge is 0.264 e. The molecule has 1 N–H and O–H groups in total. The maximum atomic E-state index is 14.5. The average molecular weight is 632 g/mol. The molecule has 0 spiro atoms. The molecule has 7 nitrogen and oxygen atoms in total. The molecule has 44 heavy (non-hydrogen) atoms. The zero-order valence-corrected chi connectivity index (χ0v) is 27.0. The van der Waals surface area contributed by atoms with Gasteiger partial charge in [-0.25, -0.2) is 8.42 Å². The van der Waals surface area contributed by atoms with Gasteiger partial charge < -0.3 is 10.2 Å². The Morgan fingerprint density at radius 1 is 0.795 bits per heavy atom. The number of hydrogen-bond donors (Lipinski definition) is 1. The van der Waals surface area contributed by atoms with Gasteiger partial charge >= 0.3 is 0 Å². The van der Waals surface area contributed by atoms with Gasteiger partial charge in [-0.1, -0.05) is 96.0 Å². The predicted molar refractivity (Wildman–Crippen MR) is 176 cm³/mol. The van der Waals surface area contributed by atoms with Crippen LogP contribution in [0.4, 0.5) is 5.69 Å². The summed E-state index contributed by atoms with van der Waals surface area (Å²) in [6.45, 7) is 6.88. The molecule has 4 aromatic rings. The molecule has 0 radical (unpaired) electrons. The van der Waals surface area contributed by atoms with Crippen LogP contribution in [-0.2, 0) is 32.6 Å². The molecule has 2 amide bonds. The number of nitrogens with one attached hydrogen (secondary N) is 1. The molecule has 0 heterocycles. The summed E-state index contributed by atoms with van der Waals surface area (Å²) < 4.78 is 29.5. The lowest BCUT2D eigenvalue weighted by Crippen LogP contribution is -2.54. The molecule has 0 unspecified atom stereocenters. The molecule has 1 atom stereocenters. The molecule has 0 saturated carbocycles. The Balaban J connectivity index is 1.82. The van der Waals surface area contributed by atoms with Gasteiger partial charge in [-0.05, 0) is 68.7 Å². The lowest BCUT2D eigenvalue weighted by atomic mass is 10.0. The van der Waals surface area contributed by atoms with Crippen molar-refractivity contribution in [1.29, 1.82) is 0 Å². The SMILES string of the molecule is Cc1ccc(S(=O)(=O)N(CC(=O)N(Cc2ccccc2)[C@@H](Cc2ccccc2)C(=O)NC(C)C)c2cccc(Cl)c2C)cc1. The lowest BCUT2D eigenvalue weighted by molar-refractivity contribution is -0.140. The Morgan fingerprint density at radius 2 is 1.39 bits per heavy atom. The molecule has 0 fully saturated rings. The van der Waals surface area contributed by atoms with Crippen LogP contribution < -0.4 is 9.62 Å². The third-order valence-electron chi connectivity index (χ3n) is 7.29. The standard InChI is InChI=1S/C35H38ClN3O4S/c1-25(2)37-35(41)33(22-28-12-7-5-8-13-28)38(23-29-14-9-6-10-15-29)34(40)24-39(32-17-11-16-31(36)27(32)4)44(42,43)30-20-18-26(3)19-21-30/h5-21,25,33H,22-24H2,1-4H3,(H,37,41)/t33-/m0/s1. The number of halogens is 1. The molecule has 0 bridgehead atoms. The van der Waals surface area contributed by atoms with Crippen LogP contribution in [-0.4, -0.2) is 43.8 Å². The second-order valence-corrected chi connectivity index (χ2v) is 13.4. The quantitative estimate of drug-likeness (QED) is 0.198. The minimum Gasteiger partial charge on any atom is -0.352 e. The molecule has 0 saturated heterocycles. The lowest BCUT2D eigenvalue weighted by Gasteiger charge is -2.34. The van der Waals surface area contributed by atoms with Crippen LogP contribution in [0.25, 0.3) is 0 Å². The number of aryl methyl sites for hydroxylation is 1. The number of carbonyl (C=O) groups excluding carboxylic acids is 2. The number of anilines is 1. The number of amides is 2. The minimum atomic E-state index is -4.21. The van der Waals surface area contributed by atoms with E-state index >= 15 is 0 Å². The van der Waals surface area contributed by atoms with Crippen molar-refractivity contribution in [2.75, 3.05) is 10.8 Å². The van der Waals surface area contributed by atoms with Crippen molar-refractivity contribution in [3.05, 3.63) is 130 Å². The van der Waals surface area contributed by atoms with Gasteiger partial charge in [0.2, 0.25) is 11.8 Å². The highest BCUT2D eigenvalue weighted by molar-refractivity contribution is 7.92. The van der Waals surface area contributed by atoms with Crippen molar-refractivity contribution in [2.24, 2.45) is 0 Å². The maximum Gasteiger partial charge on any atom is 0.264 e. The monoisotopic (exact) mass is 631 g/mol. The highest BCUT2D eigenvalue weighted by Gasteiger charge is 2.35. The maximum absolute atomic E-state index is 14.5. The van der Waals surface area contributed by atoms with Crippen LogP contribution in [0, 0.1) is 13.8 Å². The molecule has 4 aromatic carbocycles. The number of hydrogen-bond acceptors (Lipinski definition) is 4. The zero-order chi connectivity index (χ0) is 31.9. The van der Waals surface area contributed by atoms with E-state index in [0.29, 0.717) is 10.6 Å². The van der Waals surface area contributed by atoms with Crippen molar-refractivity contribution in [1.82, 2.24) is 10.2 Å². The summed E-state index contributed by atoms with van der Waals surface area (Å²) in [4.78, 5) is 29.8. The Labute approximate surface area is 265 Å². The molecule has 0 aliphatic heterocycles. The van der Waals surface area contributed by atoms with Crippen molar-refractivity contribution in [2.45, 2.75) is 57.6 Å². The number of sulfonamides is 1. The van der Waals surface area contributed by atoms with Crippen LogP contribution >= 0.6 is 11.6 Å². The third kappa shape index (κ3) is 8.07. The second-order valence-electron chi connectivity index (χ2n) is 11.1. The second kappa shape index (κ2) is 14.6. The van der Waals surface area contributed by atoms with Gasteiger partial charge in [0.1, 0.15) is 12.6 Å². The molecule has 0 aliphatic carbocycles. The zero-order valence-electron chi connectivity index (χ0n) is 25.4. The van der Waals surface area contributed by atoms with Gasteiger partial charge in [-0.2, -0.15) is 0 Å². The van der Waals surface area contributed by atoms with Gasteiger partial charge in [0, 0.05) is 24.0 Å². The first-order valence-corrected chi connectivity index (χ1v) is 16.3. The van der Waals surface area contributed by atoms with Crippen LogP contribution in [0.5, 0.6) is 0 Å². The first-order chi connectivity index (χ1) is 21.0. The van der Waals surface area contributed by atoms with E-state index in [2.05, 4.69) is 5.32 Å². The van der Waals surface area contributed by atoms with E-state index < -0.39 is 28.5 Å². The summed E-state index contributed by atoms with van der Waals surface area (Å²) >= 11 is 6.44. The largest absolute Gasteiger partial charge is 0.352 e. The van der Waals surface area contributed by atoms with Gasteiger partial charge in [-0.3, -0.25) is 13.9 Å². The van der Waals surface area contributed by atoms with Crippen LogP contribution in [0.2, 0.25) is 5.02 Å². The highest BCUT2D eigenvalue weighted by atomic mass is 35.5. The number of carbonyl (C=O) groups is 2. The first-order valence-electron chi connectivity index (χ1n) is 14.5. The highest BCUT2D eigenvalue weighted by Crippen LogP contribution is 2.31. The van der Waals surface area contributed by atoms with E-state index in [9.17, 15) is 18.0 Å². The molecule has 0 aromatic heterocycles. The molecular weight excluding hydrogens is 594 g/mol. The van der Waals surface area contributed by atoms with Crippen molar-refractivity contribution >= 4 is 39.1 Å². The fourth-order valence-electron chi connectivity index (χ4n) is 4.93. The van der Waals surface area contributed by atoms with Gasteiger partial charge in [-0.15, -0.1) is 0 Å². The summed E-state index contributed by atoms with van der Waals surface area (Å²) in [5.74, 6) is -0.844. The van der Waals surface area contributed by atoms with Crippen molar-refractivity contribution < 1.29 is 18.0 Å². The summed E-state index contributed by atoms with van der Waals surface area (Å²) in [6, 6.07) is 29.2. The van der Waals surface area contributed by atoms with E-state index in [1.165, 1.54) is 17.0 Å². The average Bonchev–Trinajstić information content (AvgIpc) is 3.00. The molecule has 0 aliphatic rings. The Kier molecular flexibility index (Phi) is 10.8. The van der Waals surface area contributed by atoms with E-state index in [-0.39, 0.29) is 35.5 Å². The molecule has 4 rings (SSSR count). The number of rotatable bonds is 12. The third-order valence-corrected chi connectivity index (χ3v) is 9.48. The fourth-order valence-corrected chi connectivity index (χ4v) is 6.57. The summed E-state index contributed by atoms with van der Waals surface area (Å²) in [6.07, 6.45) is 0.249. The van der Waals surface area contributed by atoms with Gasteiger partial charge in [0.25, 0.3) is 10.0 Å². The van der Waals surface area contributed by atoms with E-state index in [0.717, 1.165) is 21.0 Å². The van der Waals surface area contributed by atoms with Crippen LogP contribution in [0.3, 0.4) is 0 Å².